The molecule has 1 aromatic heterocycles. The molecule has 72 valence electrons. The Morgan fingerprint density at radius 1 is 1.62 bits per heavy atom. The molecule has 0 saturated heterocycles. The van der Waals surface area contributed by atoms with Crippen molar-refractivity contribution in [3.8, 4) is 5.75 Å². The summed E-state index contributed by atoms with van der Waals surface area (Å²) < 4.78 is 25.0. The molecule has 0 atom stereocenters. The number of halogens is 4. The van der Waals surface area contributed by atoms with Crippen LogP contribution in [0.2, 0.25) is 0 Å². The topological polar surface area (TPSA) is 33.1 Å². The van der Waals surface area contributed by atoms with Crippen molar-refractivity contribution in [3.05, 3.63) is 21.0 Å². The Labute approximate surface area is 92.1 Å². The fourth-order valence-electron chi connectivity index (χ4n) is 0.837. The van der Waals surface area contributed by atoms with Crippen molar-refractivity contribution in [1.82, 2.24) is 4.98 Å². The molecule has 0 aliphatic heterocycles. The van der Waals surface area contributed by atoms with Crippen molar-refractivity contribution in [2.45, 2.75) is 12.3 Å². The summed E-state index contributed by atoms with van der Waals surface area (Å²) in [5.74, 6) is -0.590. The van der Waals surface area contributed by atoms with E-state index in [2.05, 4.69) is 4.98 Å². The van der Waals surface area contributed by atoms with E-state index in [-0.39, 0.29) is 11.6 Å². The van der Waals surface area contributed by atoms with Crippen LogP contribution in [0.5, 0.6) is 5.75 Å². The van der Waals surface area contributed by atoms with Gasteiger partial charge in [0, 0.05) is 0 Å². The average molecular weight is 319 g/mol. The lowest BCUT2D eigenvalue weighted by atomic mass is 10.2. The van der Waals surface area contributed by atoms with Gasteiger partial charge in [-0.25, -0.2) is 13.8 Å². The second-order valence-corrected chi connectivity index (χ2v) is 3.64. The molecule has 2 nitrogen and oxygen atoms in total. The van der Waals surface area contributed by atoms with Crippen molar-refractivity contribution in [3.63, 3.8) is 0 Å². The van der Waals surface area contributed by atoms with Crippen molar-refractivity contribution in [2.75, 3.05) is 0 Å². The Hall–Kier alpha value is -0.170. The van der Waals surface area contributed by atoms with E-state index in [1.54, 1.807) is 22.6 Å². The second-order valence-electron chi connectivity index (χ2n) is 2.26. The third-order valence-electron chi connectivity index (χ3n) is 1.42. The summed E-state index contributed by atoms with van der Waals surface area (Å²) in [6.45, 7) is 0. The molecule has 1 N–H and O–H groups in total. The summed E-state index contributed by atoms with van der Waals surface area (Å²) in [5, 5.41) is 9.25. The molecule has 1 aromatic rings. The quantitative estimate of drug-likeness (QED) is 0.516. The van der Waals surface area contributed by atoms with Crippen LogP contribution in [-0.2, 0) is 5.88 Å². The number of hydrogen-bond acceptors (Lipinski definition) is 2. The average Bonchev–Trinajstić information content (AvgIpc) is 2.08. The van der Waals surface area contributed by atoms with Crippen LogP contribution in [0.15, 0.2) is 6.07 Å². The molecular weight excluding hydrogens is 314 g/mol. The van der Waals surface area contributed by atoms with Crippen molar-refractivity contribution in [2.24, 2.45) is 0 Å². The molecule has 1 rings (SSSR count). The van der Waals surface area contributed by atoms with E-state index in [0.29, 0.717) is 3.70 Å². The van der Waals surface area contributed by atoms with Gasteiger partial charge in [0.2, 0.25) is 0 Å². The van der Waals surface area contributed by atoms with Gasteiger partial charge in [0.05, 0.1) is 17.1 Å². The van der Waals surface area contributed by atoms with Crippen LogP contribution >= 0.6 is 34.2 Å². The zero-order chi connectivity index (χ0) is 10.0. The lowest BCUT2D eigenvalue weighted by Crippen LogP contribution is -1.96. The van der Waals surface area contributed by atoms with Crippen LogP contribution in [0.25, 0.3) is 0 Å². The highest BCUT2D eigenvalue weighted by Crippen LogP contribution is 2.31. The van der Waals surface area contributed by atoms with Gasteiger partial charge in [0.15, 0.2) is 0 Å². The van der Waals surface area contributed by atoms with Gasteiger partial charge >= 0.3 is 0 Å². The third-order valence-corrected chi connectivity index (χ3v) is 2.23. The first kappa shape index (κ1) is 10.9. The number of hydrogen-bond donors (Lipinski definition) is 1. The van der Waals surface area contributed by atoms with Gasteiger partial charge in [-0.05, 0) is 28.7 Å². The Balaban J connectivity index is 3.27. The number of rotatable bonds is 2. The standard InChI is InChI=1S/C7H5ClF2INO/c8-2-4-6(13)3(7(9)10)1-5(11)12-4/h1,7,13H,2H2. The van der Waals surface area contributed by atoms with Gasteiger partial charge in [0.1, 0.15) is 9.45 Å². The van der Waals surface area contributed by atoms with Crippen molar-refractivity contribution in [1.29, 1.82) is 0 Å². The third kappa shape index (κ3) is 2.40. The van der Waals surface area contributed by atoms with Crippen LogP contribution in [-0.4, -0.2) is 10.1 Å². The summed E-state index contributed by atoms with van der Waals surface area (Å²) >= 11 is 7.20. The zero-order valence-corrected chi connectivity index (χ0v) is 9.18. The lowest BCUT2D eigenvalue weighted by Gasteiger charge is -2.06. The predicted molar refractivity (Wildman–Crippen MR) is 53.1 cm³/mol. The van der Waals surface area contributed by atoms with E-state index in [0.717, 1.165) is 6.07 Å². The summed E-state index contributed by atoms with van der Waals surface area (Å²) in [5.41, 5.74) is -0.334. The van der Waals surface area contributed by atoms with Crippen molar-refractivity contribution >= 4 is 34.2 Å². The Morgan fingerprint density at radius 2 is 2.23 bits per heavy atom. The minimum atomic E-state index is -2.71. The maximum atomic E-state index is 12.3. The van der Waals surface area contributed by atoms with E-state index in [4.69, 9.17) is 11.6 Å². The summed E-state index contributed by atoms with van der Waals surface area (Å²) in [6.07, 6.45) is -2.71. The highest BCUT2D eigenvalue weighted by Gasteiger charge is 2.17. The minimum absolute atomic E-state index is 0.0810. The molecule has 0 amide bonds. The molecule has 0 spiro atoms. The normalized spacial score (nSPS) is 10.8. The molecule has 0 saturated carbocycles. The Bertz CT molecular complexity index is 322. The van der Waals surface area contributed by atoms with Crippen LogP contribution in [0, 0.1) is 3.70 Å². The zero-order valence-electron chi connectivity index (χ0n) is 6.27. The van der Waals surface area contributed by atoms with E-state index in [9.17, 15) is 13.9 Å². The highest BCUT2D eigenvalue weighted by molar-refractivity contribution is 14.1. The molecule has 0 radical (unpaired) electrons. The van der Waals surface area contributed by atoms with Crippen LogP contribution in [0.4, 0.5) is 8.78 Å². The molecule has 0 unspecified atom stereocenters. The van der Waals surface area contributed by atoms with E-state index in [1.807, 2.05) is 0 Å². The number of pyridine rings is 1. The summed E-state index contributed by atoms with van der Waals surface area (Å²) in [4.78, 5) is 3.81. The molecule has 1 heterocycles. The van der Waals surface area contributed by atoms with E-state index < -0.39 is 17.7 Å². The van der Waals surface area contributed by atoms with Crippen LogP contribution in [0.1, 0.15) is 17.7 Å². The Kier molecular flexibility index (Phi) is 3.66. The summed E-state index contributed by atoms with van der Waals surface area (Å²) in [6, 6.07) is 1.14. The molecule has 0 aliphatic rings. The summed E-state index contributed by atoms with van der Waals surface area (Å²) in [7, 11) is 0. The molecule has 6 heteroatoms. The first-order chi connectivity index (χ1) is 6.06. The molecular formula is C7H5ClF2INO. The fraction of sp³-hybridized carbons (Fsp3) is 0.286. The second kappa shape index (κ2) is 4.36. The van der Waals surface area contributed by atoms with Gasteiger partial charge in [-0.3, -0.25) is 0 Å². The molecule has 0 aromatic carbocycles. The predicted octanol–water partition coefficient (Wildman–Crippen LogP) is 3.07. The first-order valence-corrected chi connectivity index (χ1v) is 4.90. The fourth-order valence-corrected chi connectivity index (χ4v) is 1.65. The number of aromatic hydroxyl groups is 1. The van der Waals surface area contributed by atoms with E-state index >= 15 is 0 Å². The van der Waals surface area contributed by atoms with Crippen LogP contribution in [0.3, 0.4) is 0 Å². The Morgan fingerprint density at radius 3 is 2.69 bits per heavy atom. The smallest absolute Gasteiger partial charge is 0.267 e. The first-order valence-electron chi connectivity index (χ1n) is 3.28. The van der Waals surface area contributed by atoms with Gasteiger partial charge in [-0.2, -0.15) is 0 Å². The SMILES string of the molecule is Oc1c(C(F)F)cc(I)nc1CCl. The van der Waals surface area contributed by atoms with E-state index in [1.165, 1.54) is 0 Å². The molecule has 0 aliphatic carbocycles. The molecule has 13 heavy (non-hydrogen) atoms. The molecule has 0 fully saturated rings. The van der Waals surface area contributed by atoms with Gasteiger partial charge in [-0.1, -0.05) is 0 Å². The van der Waals surface area contributed by atoms with Crippen molar-refractivity contribution < 1.29 is 13.9 Å². The lowest BCUT2D eigenvalue weighted by molar-refractivity contribution is 0.147. The maximum Gasteiger partial charge on any atom is 0.267 e. The monoisotopic (exact) mass is 319 g/mol. The number of nitrogens with zero attached hydrogens (tertiary/aromatic N) is 1. The number of aromatic nitrogens is 1. The van der Waals surface area contributed by atoms with Crippen LogP contribution < -0.4 is 0 Å². The van der Waals surface area contributed by atoms with Gasteiger partial charge in [0.25, 0.3) is 6.43 Å². The minimum Gasteiger partial charge on any atom is -0.505 e. The number of alkyl halides is 3. The maximum absolute atomic E-state index is 12.3. The van der Waals surface area contributed by atoms with Gasteiger partial charge < -0.3 is 5.11 Å². The molecule has 0 bridgehead atoms. The highest BCUT2D eigenvalue weighted by atomic mass is 127. The van der Waals surface area contributed by atoms with Gasteiger partial charge in [-0.15, -0.1) is 11.6 Å². The largest absolute Gasteiger partial charge is 0.505 e.